The highest BCUT2D eigenvalue weighted by atomic mass is 16.4. The maximum atomic E-state index is 11.2. The van der Waals surface area contributed by atoms with Crippen molar-refractivity contribution >= 4 is 17.8 Å². The van der Waals surface area contributed by atoms with Gasteiger partial charge in [0.1, 0.15) is 0 Å². The van der Waals surface area contributed by atoms with Crippen molar-refractivity contribution in [1.29, 1.82) is 0 Å². The van der Waals surface area contributed by atoms with E-state index in [1.54, 1.807) is 0 Å². The highest BCUT2D eigenvalue weighted by Crippen LogP contribution is 1.99. The van der Waals surface area contributed by atoms with Crippen LogP contribution in [0.5, 0.6) is 0 Å². The number of carbonyl (C=O) groups excluding carboxylic acids is 2. The first kappa shape index (κ1) is 14.4. The Morgan fingerprint density at radius 3 is 2.12 bits per heavy atom. The molecule has 0 saturated heterocycles. The van der Waals surface area contributed by atoms with Gasteiger partial charge in [0.05, 0.1) is 0 Å². The molecule has 0 aromatic carbocycles. The monoisotopic (exact) mass is 230 g/mol. The predicted octanol–water partition coefficient (Wildman–Crippen LogP) is -0.116. The second-order valence-electron chi connectivity index (χ2n) is 3.43. The molecular formula is C10H18N2O4. The first-order valence-corrected chi connectivity index (χ1v) is 5.25. The lowest BCUT2D eigenvalue weighted by atomic mass is 10.2. The molecule has 0 bridgehead atoms. The summed E-state index contributed by atoms with van der Waals surface area (Å²) in [4.78, 5) is 31.8. The van der Waals surface area contributed by atoms with E-state index in [0.29, 0.717) is 32.4 Å². The quantitative estimate of drug-likeness (QED) is 0.507. The average molecular weight is 230 g/mol. The Balaban J connectivity index is 3.31. The Bertz CT molecular complexity index is 229. The van der Waals surface area contributed by atoms with E-state index in [1.807, 2.05) is 0 Å². The lowest BCUT2D eigenvalue weighted by molar-refractivity contribution is -0.137. The van der Waals surface area contributed by atoms with Crippen molar-refractivity contribution in [3.05, 3.63) is 0 Å². The van der Waals surface area contributed by atoms with Crippen molar-refractivity contribution in [1.82, 2.24) is 10.6 Å². The van der Waals surface area contributed by atoms with Gasteiger partial charge < -0.3 is 15.7 Å². The Kier molecular flexibility index (Phi) is 7.83. The van der Waals surface area contributed by atoms with Crippen LogP contribution in [0.15, 0.2) is 0 Å². The van der Waals surface area contributed by atoms with Crippen LogP contribution < -0.4 is 10.6 Å². The third-order valence-electron chi connectivity index (χ3n) is 1.87. The maximum absolute atomic E-state index is 11.2. The molecular weight excluding hydrogens is 212 g/mol. The summed E-state index contributed by atoms with van der Waals surface area (Å²) in [7, 11) is 0. The molecule has 0 radical (unpaired) electrons. The van der Waals surface area contributed by atoms with Crippen LogP contribution in [0.3, 0.4) is 0 Å². The molecule has 0 spiro atoms. The molecule has 0 saturated carbocycles. The zero-order valence-corrected chi connectivity index (χ0v) is 9.41. The number of hydrogen-bond acceptors (Lipinski definition) is 3. The minimum Gasteiger partial charge on any atom is -0.481 e. The van der Waals surface area contributed by atoms with Crippen molar-refractivity contribution in [2.24, 2.45) is 0 Å². The maximum Gasteiger partial charge on any atom is 0.303 e. The van der Waals surface area contributed by atoms with Gasteiger partial charge in [-0.2, -0.15) is 0 Å². The van der Waals surface area contributed by atoms with Crippen LogP contribution in [0.25, 0.3) is 0 Å². The van der Waals surface area contributed by atoms with E-state index in [2.05, 4.69) is 10.6 Å². The van der Waals surface area contributed by atoms with Gasteiger partial charge in [0.2, 0.25) is 11.8 Å². The topological polar surface area (TPSA) is 95.5 Å². The summed E-state index contributed by atoms with van der Waals surface area (Å²) < 4.78 is 0. The van der Waals surface area contributed by atoms with Gasteiger partial charge in [0.15, 0.2) is 0 Å². The number of carbonyl (C=O) groups is 3. The van der Waals surface area contributed by atoms with Crippen molar-refractivity contribution in [2.45, 2.75) is 32.6 Å². The van der Waals surface area contributed by atoms with Gasteiger partial charge >= 0.3 is 5.97 Å². The molecule has 0 atom stereocenters. The van der Waals surface area contributed by atoms with Crippen molar-refractivity contribution in [3.63, 3.8) is 0 Å². The van der Waals surface area contributed by atoms with Crippen LogP contribution in [-0.2, 0) is 14.4 Å². The fourth-order valence-electron chi connectivity index (χ4n) is 1.09. The van der Waals surface area contributed by atoms with Crippen LogP contribution in [0.2, 0.25) is 0 Å². The van der Waals surface area contributed by atoms with E-state index in [1.165, 1.54) is 6.92 Å². The van der Waals surface area contributed by atoms with E-state index in [4.69, 9.17) is 5.11 Å². The molecule has 6 heteroatoms. The Labute approximate surface area is 94.4 Å². The molecule has 3 N–H and O–H groups in total. The summed E-state index contributed by atoms with van der Waals surface area (Å²) in [5.41, 5.74) is 0. The van der Waals surface area contributed by atoms with E-state index < -0.39 is 5.97 Å². The summed E-state index contributed by atoms with van der Waals surface area (Å²) in [6, 6.07) is 0. The molecule has 2 amide bonds. The van der Waals surface area contributed by atoms with Gasteiger partial charge in [0, 0.05) is 32.9 Å². The summed E-state index contributed by atoms with van der Waals surface area (Å²) in [6.07, 6.45) is 1.50. The first-order chi connectivity index (χ1) is 7.52. The van der Waals surface area contributed by atoms with Gasteiger partial charge in [-0.1, -0.05) is 0 Å². The van der Waals surface area contributed by atoms with E-state index >= 15 is 0 Å². The molecule has 0 rings (SSSR count). The molecule has 6 nitrogen and oxygen atoms in total. The second kappa shape index (κ2) is 8.70. The molecule has 92 valence electrons. The Morgan fingerprint density at radius 2 is 1.56 bits per heavy atom. The van der Waals surface area contributed by atoms with Crippen molar-refractivity contribution in [3.8, 4) is 0 Å². The number of amides is 2. The smallest absolute Gasteiger partial charge is 0.303 e. The standard InChI is InChI=1S/C10H18N2O4/c1-8(13)11-6-7-12-9(14)4-2-3-5-10(15)16/h2-7H2,1H3,(H,11,13)(H,12,14)(H,15,16). The normalized spacial score (nSPS) is 9.56. The van der Waals surface area contributed by atoms with Crippen LogP contribution in [0, 0.1) is 0 Å². The molecule has 16 heavy (non-hydrogen) atoms. The number of rotatable bonds is 8. The van der Waals surface area contributed by atoms with Gasteiger partial charge in [-0.05, 0) is 12.8 Å². The molecule has 0 heterocycles. The minimum absolute atomic E-state index is 0.0964. The van der Waals surface area contributed by atoms with Gasteiger partial charge in [0.25, 0.3) is 0 Å². The van der Waals surface area contributed by atoms with Crippen LogP contribution in [0.4, 0.5) is 0 Å². The summed E-state index contributed by atoms with van der Waals surface area (Å²) in [5.74, 6) is -1.09. The van der Waals surface area contributed by atoms with Crippen LogP contribution >= 0.6 is 0 Å². The molecule has 0 aliphatic heterocycles. The second-order valence-corrected chi connectivity index (χ2v) is 3.43. The lowest BCUT2D eigenvalue weighted by Gasteiger charge is -2.05. The number of unbranched alkanes of at least 4 members (excludes halogenated alkanes) is 1. The fourth-order valence-corrected chi connectivity index (χ4v) is 1.09. The zero-order chi connectivity index (χ0) is 12.4. The number of nitrogens with one attached hydrogen (secondary N) is 2. The van der Waals surface area contributed by atoms with E-state index in [9.17, 15) is 14.4 Å². The summed E-state index contributed by atoms with van der Waals surface area (Å²) in [5, 5.41) is 13.5. The SMILES string of the molecule is CC(=O)NCCNC(=O)CCCCC(=O)O. The molecule has 0 aliphatic rings. The third-order valence-corrected chi connectivity index (χ3v) is 1.87. The van der Waals surface area contributed by atoms with Gasteiger partial charge in [-0.15, -0.1) is 0 Å². The highest BCUT2D eigenvalue weighted by Gasteiger charge is 2.02. The minimum atomic E-state index is -0.842. The average Bonchev–Trinajstić information content (AvgIpc) is 2.19. The van der Waals surface area contributed by atoms with Gasteiger partial charge in [-0.3, -0.25) is 14.4 Å². The largest absolute Gasteiger partial charge is 0.481 e. The lowest BCUT2D eigenvalue weighted by Crippen LogP contribution is -2.33. The highest BCUT2D eigenvalue weighted by molar-refractivity contribution is 5.76. The zero-order valence-electron chi connectivity index (χ0n) is 9.41. The van der Waals surface area contributed by atoms with E-state index in [0.717, 1.165) is 0 Å². The molecule has 0 aromatic rings. The van der Waals surface area contributed by atoms with Gasteiger partial charge in [-0.25, -0.2) is 0 Å². The number of aliphatic carboxylic acids is 1. The van der Waals surface area contributed by atoms with Crippen LogP contribution in [0.1, 0.15) is 32.6 Å². The predicted molar refractivity (Wildman–Crippen MR) is 57.8 cm³/mol. The first-order valence-electron chi connectivity index (χ1n) is 5.25. The Hall–Kier alpha value is -1.59. The van der Waals surface area contributed by atoms with Crippen molar-refractivity contribution < 1.29 is 19.5 Å². The molecule has 0 unspecified atom stereocenters. The van der Waals surface area contributed by atoms with Crippen LogP contribution in [-0.4, -0.2) is 36.0 Å². The number of carboxylic acid groups (broad SMARTS) is 1. The Morgan fingerprint density at radius 1 is 1.00 bits per heavy atom. The number of hydrogen-bond donors (Lipinski definition) is 3. The molecule has 0 aromatic heterocycles. The summed E-state index contributed by atoms with van der Waals surface area (Å²) in [6.45, 7) is 2.22. The van der Waals surface area contributed by atoms with Crippen molar-refractivity contribution in [2.75, 3.05) is 13.1 Å². The summed E-state index contributed by atoms with van der Waals surface area (Å²) >= 11 is 0. The third kappa shape index (κ3) is 10.5. The molecule has 0 fully saturated rings. The fraction of sp³-hybridized carbons (Fsp3) is 0.700. The van der Waals surface area contributed by atoms with E-state index in [-0.39, 0.29) is 18.2 Å². The molecule has 0 aliphatic carbocycles. The number of carboxylic acids is 1.